The fraction of sp³-hybridized carbons (Fsp3) is 0.125. The molecule has 72 valence electrons. The van der Waals surface area contributed by atoms with Gasteiger partial charge in [-0.1, -0.05) is 11.2 Å². The number of nitrogens with zero attached hydrogens (tertiary/aromatic N) is 4. The predicted molar refractivity (Wildman–Crippen MR) is 48.3 cm³/mol. The number of benzene rings is 1. The number of halogens is 1. The predicted octanol–water partition coefficient (Wildman–Crippen LogP) is 0.692. The minimum Gasteiger partial charge on any atom is -0.366 e. The highest BCUT2D eigenvalue weighted by molar-refractivity contribution is 5.39. The minimum atomic E-state index is -0.399. The van der Waals surface area contributed by atoms with Gasteiger partial charge in [-0.15, -0.1) is 0 Å². The van der Waals surface area contributed by atoms with Crippen molar-refractivity contribution in [1.29, 1.82) is 0 Å². The molecule has 1 aromatic heterocycles. The zero-order valence-electron chi connectivity index (χ0n) is 7.48. The number of nitrogens with two attached hydrogens (primary N) is 1. The van der Waals surface area contributed by atoms with Crippen molar-refractivity contribution in [2.45, 2.75) is 6.92 Å². The quantitative estimate of drug-likeness (QED) is 0.723. The number of rotatable bonds is 1. The molecule has 0 radical (unpaired) electrons. The molecule has 0 unspecified atom stereocenters. The third-order valence-corrected chi connectivity index (χ3v) is 1.82. The molecule has 2 aromatic rings. The van der Waals surface area contributed by atoms with Gasteiger partial charge >= 0.3 is 0 Å². The molecule has 0 bridgehead atoms. The minimum absolute atomic E-state index is 0.0627. The summed E-state index contributed by atoms with van der Waals surface area (Å²) in [7, 11) is 0. The Morgan fingerprint density at radius 2 is 2.21 bits per heavy atom. The van der Waals surface area contributed by atoms with Crippen molar-refractivity contribution in [2.24, 2.45) is 0 Å². The van der Waals surface area contributed by atoms with Gasteiger partial charge in [0.2, 0.25) is 5.95 Å². The number of hydrogen-bond donors (Lipinski definition) is 1. The maximum atomic E-state index is 13.4. The Bertz CT molecular complexity index is 465. The molecule has 0 amide bonds. The molecule has 0 aliphatic carbocycles. The summed E-state index contributed by atoms with van der Waals surface area (Å²) in [5, 5.41) is 10.4. The van der Waals surface area contributed by atoms with Gasteiger partial charge in [0, 0.05) is 0 Å². The van der Waals surface area contributed by atoms with Gasteiger partial charge in [-0.2, -0.15) is 4.68 Å². The highest BCUT2D eigenvalue weighted by Gasteiger charge is 2.09. The number of anilines is 1. The summed E-state index contributed by atoms with van der Waals surface area (Å²) in [6.07, 6.45) is 0. The van der Waals surface area contributed by atoms with Crippen molar-refractivity contribution in [2.75, 3.05) is 5.73 Å². The second-order valence-electron chi connectivity index (χ2n) is 2.90. The van der Waals surface area contributed by atoms with Crippen molar-refractivity contribution in [3.8, 4) is 5.69 Å². The van der Waals surface area contributed by atoms with Crippen LogP contribution < -0.4 is 5.73 Å². The molecule has 2 rings (SSSR count). The molecule has 5 nitrogen and oxygen atoms in total. The van der Waals surface area contributed by atoms with Crippen molar-refractivity contribution in [1.82, 2.24) is 20.2 Å². The maximum absolute atomic E-state index is 13.4. The average Bonchev–Trinajstić information content (AvgIpc) is 2.52. The second kappa shape index (κ2) is 3.06. The van der Waals surface area contributed by atoms with Crippen molar-refractivity contribution in [3.63, 3.8) is 0 Å². The normalized spacial score (nSPS) is 10.4. The van der Waals surface area contributed by atoms with Gasteiger partial charge in [0.15, 0.2) is 0 Å². The van der Waals surface area contributed by atoms with Crippen molar-refractivity contribution < 1.29 is 4.39 Å². The SMILES string of the molecule is Cc1ccc(-n2nnnc2N)c(F)c1. The van der Waals surface area contributed by atoms with Gasteiger partial charge in [0.05, 0.1) is 0 Å². The van der Waals surface area contributed by atoms with Gasteiger partial charge in [-0.25, -0.2) is 4.39 Å². The Hall–Kier alpha value is -1.98. The van der Waals surface area contributed by atoms with E-state index in [0.29, 0.717) is 0 Å². The Balaban J connectivity index is 2.58. The lowest BCUT2D eigenvalue weighted by Gasteiger charge is -2.03. The maximum Gasteiger partial charge on any atom is 0.245 e. The van der Waals surface area contributed by atoms with Gasteiger partial charge in [-0.3, -0.25) is 0 Å². The summed E-state index contributed by atoms with van der Waals surface area (Å²) < 4.78 is 14.6. The van der Waals surface area contributed by atoms with E-state index in [1.165, 1.54) is 6.07 Å². The lowest BCUT2D eigenvalue weighted by atomic mass is 10.2. The van der Waals surface area contributed by atoms with E-state index < -0.39 is 5.82 Å². The molecule has 1 heterocycles. The molecule has 2 N–H and O–H groups in total. The van der Waals surface area contributed by atoms with Crippen molar-refractivity contribution >= 4 is 5.95 Å². The van der Waals surface area contributed by atoms with E-state index in [1.807, 2.05) is 0 Å². The van der Waals surface area contributed by atoms with Crippen LogP contribution in [-0.4, -0.2) is 20.2 Å². The van der Waals surface area contributed by atoms with E-state index in [0.717, 1.165) is 10.2 Å². The van der Waals surface area contributed by atoms with Gasteiger partial charge in [-0.05, 0) is 35.0 Å². The molecule has 0 spiro atoms. The molecule has 0 atom stereocenters. The summed E-state index contributed by atoms with van der Waals surface area (Å²) in [5.41, 5.74) is 6.52. The third kappa shape index (κ3) is 1.30. The Morgan fingerprint density at radius 1 is 1.43 bits per heavy atom. The van der Waals surface area contributed by atoms with Crippen LogP contribution in [0, 0.1) is 12.7 Å². The van der Waals surface area contributed by atoms with Crippen LogP contribution in [0.4, 0.5) is 10.3 Å². The standard InChI is InChI=1S/C8H8FN5/c1-5-2-3-7(6(9)4-5)14-8(10)11-12-13-14/h2-4H,1H3,(H2,10,11,13). The first-order valence-electron chi connectivity index (χ1n) is 3.99. The van der Waals surface area contributed by atoms with E-state index >= 15 is 0 Å². The molecule has 0 saturated heterocycles. The Kier molecular flexibility index (Phi) is 1.88. The van der Waals surface area contributed by atoms with Crippen LogP contribution in [-0.2, 0) is 0 Å². The topological polar surface area (TPSA) is 69.6 Å². The van der Waals surface area contributed by atoms with Crippen LogP contribution >= 0.6 is 0 Å². The summed E-state index contributed by atoms with van der Waals surface area (Å²) in [6, 6.07) is 4.74. The molecule has 0 saturated carbocycles. The summed E-state index contributed by atoms with van der Waals surface area (Å²) in [5.74, 6) is -0.336. The number of tetrazole rings is 1. The highest BCUT2D eigenvalue weighted by Crippen LogP contribution is 2.15. The van der Waals surface area contributed by atoms with E-state index in [2.05, 4.69) is 15.5 Å². The van der Waals surface area contributed by atoms with Crippen LogP contribution in [0.15, 0.2) is 18.2 Å². The molecule has 6 heteroatoms. The highest BCUT2D eigenvalue weighted by atomic mass is 19.1. The van der Waals surface area contributed by atoms with Crippen LogP contribution in [0.1, 0.15) is 5.56 Å². The number of aryl methyl sites for hydroxylation is 1. The number of aromatic nitrogens is 4. The molecule has 14 heavy (non-hydrogen) atoms. The van der Waals surface area contributed by atoms with Crippen LogP contribution in [0.3, 0.4) is 0 Å². The monoisotopic (exact) mass is 193 g/mol. The Morgan fingerprint density at radius 3 is 2.79 bits per heavy atom. The molecule has 0 aliphatic heterocycles. The summed E-state index contributed by atoms with van der Waals surface area (Å²) >= 11 is 0. The summed E-state index contributed by atoms with van der Waals surface area (Å²) in [6.45, 7) is 1.80. The smallest absolute Gasteiger partial charge is 0.245 e. The second-order valence-corrected chi connectivity index (χ2v) is 2.90. The zero-order valence-corrected chi connectivity index (χ0v) is 7.48. The van der Waals surface area contributed by atoms with E-state index in [4.69, 9.17) is 5.73 Å². The lowest BCUT2D eigenvalue weighted by molar-refractivity contribution is 0.607. The van der Waals surface area contributed by atoms with E-state index in [9.17, 15) is 4.39 Å². The van der Waals surface area contributed by atoms with E-state index in [-0.39, 0.29) is 11.6 Å². The van der Waals surface area contributed by atoms with Gasteiger partial charge < -0.3 is 5.73 Å². The molecule has 0 fully saturated rings. The largest absolute Gasteiger partial charge is 0.366 e. The average molecular weight is 193 g/mol. The first kappa shape index (κ1) is 8.61. The van der Waals surface area contributed by atoms with Crippen LogP contribution in [0.5, 0.6) is 0 Å². The van der Waals surface area contributed by atoms with Crippen LogP contribution in [0.25, 0.3) is 5.69 Å². The fourth-order valence-corrected chi connectivity index (χ4v) is 1.15. The Labute approximate surface area is 79.3 Å². The first-order chi connectivity index (χ1) is 6.68. The zero-order chi connectivity index (χ0) is 10.1. The molecular formula is C8H8FN5. The third-order valence-electron chi connectivity index (χ3n) is 1.82. The van der Waals surface area contributed by atoms with Crippen molar-refractivity contribution in [3.05, 3.63) is 29.6 Å². The number of hydrogen-bond acceptors (Lipinski definition) is 4. The van der Waals surface area contributed by atoms with E-state index in [1.54, 1.807) is 19.1 Å². The first-order valence-corrected chi connectivity index (χ1v) is 3.99. The molecule has 1 aromatic carbocycles. The fourth-order valence-electron chi connectivity index (χ4n) is 1.15. The van der Waals surface area contributed by atoms with Gasteiger partial charge in [0.1, 0.15) is 11.5 Å². The molecule has 0 aliphatic rings. The van der Waals surface area contributed by atoms with Gasteiger partial charge in [0.25, 0.3) is 0 Å². The lowest BCUT2D eigenvalue weighted by Crippen LogP contribution is -2.04. The summed E-state index contributed by atoms with van der Waals surface area (Å²) in [4.78, 5) is 0. The van der Waals surface area contributed by atoms with Crippen LogP contribution in [0.2, 0.25) is 0 Å². The molecular weight excluding hydrogens is 185 g/mol. The number of nitrogen functional groups attached to an aromatic ring is 1.